The molecule has 62 valence electrons. The summed E-state index contributed by atoms with van der Waals surface area (Å²) >= 11 is 5.64. The Labute approximate surface area is 75.0 Å². The second-order valence-corrected chi connectivity index (χ2v) is 2.91. The van der Waals surface area contributed by atoms with Crippen LogP contribution in [0.25, 0.3) is 5.65 Å². The number of fused-ring (bicyclic) bond motifs is 1. The van der Waals surface area contributed by atoms with E-state index in [9.17, 15) is 0 Å². The van der Waals surface area contributed by atoms with Gasteiger partial charge in [-0.3, -0.25) is 0 Å². The maximum atomic E-state index is 5.64. The van der Waals surface area contributed by atoms with Crippen LogP contribution in [-0.2, 0) is 5.88 Å². The first-order chi connectivity index (χ1) is 5.79. The first-order valence-corrected chi connectivity index (χ1v) is 4.21. The lowest BCUT2D eigenvalue weighted by Crippen LogP contribution is -1.93. The van der Waals surface area contributed by atoms with Gasteiger partial charge in [-0.2, -0.15) is 5.10 Å². The summed E-state index contributed by atoms with van der Waals surface area (Å²) in [5.74, 6) is 0.438. The normalized spacial score (nSPS) is 10.8. The predicted molar refractivity (Wildman–Crippen MR) is 47.3 cm³/mol. The molecule has 0 saturated carbocycles. The van der Waals surface area contributed by atoms with Gasteiger partial charge in [-0.25, -0.2) is 9.50 Å². The highest BCUT2D eigenvalue weighted by atomic mass is 35.5. The minimum Gasteiger partial charge on any atom is -0.232 e. The summed E-state index contributed by atoms with van der Waals surface area (Å²) in [5.41, 5.74) is 2.69. The largest absolute Gasteiger partial charge is 0.232 e. The van der Waals surface area contributed by atoms with Gasteiger partial charge < -0.3 is 0 Å². The fourth-order valence-corrected chi connectivity index (χ4v) is 1.25. The Hall–Kier alpha value is -1.09. The van der Waals surface area contributed by atoms with Gasteiger partial charge in [-0.1, -0.05) is 0 Å². The Kier molecular flexibility index (Phi) is 1.73. The summed E-state index contributed by atoms with van der Waals surface area (Å²) in [4.78, 5) is 4.25. The van der Waals surface area contributed by atoms with Crippen LogP contribution in [0.4, 0.5) is 0 Å². The standard InChI is InChI=1S/C8H8ClN3/c1-6-5-12-8(10-6)3-2-7(4-9)11-12/h2-3,5H,4H2,1H3. The number of alkyl halides is 1. The summed E-state index contributed by atoms with van der Waals surface area (Å²) < 4.78 is 1.74. The molecule has 0 fully saturated rings. The van der Waals surface area contributed by atoms with E-state index in [2.05, 4.69) is 10.1 Å². The van der Waals surface area contributed by atoms with Crippen molar-refractivity contribution in [2.24, 2.45) is 0 Å². The van der Waals surface area contributed by atoms with Crippen molar-refractivity contribution in [2.45, 2.75) is 12.8 Å². The SMILES string of the molecule is Cc1cn2nc(CCl)ccc2n1. The van der Waals surface area contributed by atoms with Crippen molar-refractivity contribution >= 4 is 17.2 Å². The molecule has 0 radical (unpaired) electrons. The van der Waals surface area contributed by atoms with Crippen molar-refractivity contribution in [3.63, 3.8) is 0 Å². The number of halogens is 1. The zero-order valence-corrected chi connectivity index (χ0v) is 7.41. The van der Waals surface area contributed by atoms with Gasteiger partial charge in [-0.05, 0) is 19.1 Å². The van der Waals surface area contributed by atoms with Gasteiger partial charge in [0.15, 0.2) is 5.65 Å². The highest BCUT2D eigenvalue weighted by Gasteiger charge is 1.98. The lowest BCUT2D eigenvalue weighted by Gasteiger charge is -1.94. The Balaban J connectivity index is 2.66. The monoisotopic (exact) mass is 181 g/mol. The van der Waals surface area contributed by atoms with Crippen molar-refractivity contribution in [1.29, 1.82) is 0 Å². The Morgan fingerprint density at radius 3 is 3.08 bits per heavy atom. The van der Waals surface area contributed by atoms with Crippen LogP contribution in [0.2, 0.25) is 0 Å². The van der Waals surface area contributed by atoms with Crippen LogP contribution < -0.4 is 0 Å². The van der Waals surface area contributed by atoms with Crippen LogP contribution in [0.3, 0.4) is 0 Å². The van der Waals surface area contributed by atoms with E-state index in [1.165, 1.54) is 0 Å². The van der Waals surface area contributed by atoms with Crippen LogP contribution in [0.1, 0.15) is 11.4 Å². The van der Waals surface area contributed by atoms with Gasteiger partial charge in [0.2, 0.25) is 0 Å². The van der Waals surface area contributed by atoms with Crippen molar-refractivity contribution in [2.75, 3.05) is 0 Å². The topological polar surface area (TPSA) is 30.2 Å². The molecule has 0 aromatic carbocycles. The van der Waals surface area contributed by atoms with Crippen LogP contribution in [0, 0.1) is 6.92 Å². The van der Waals surface area contributed by atoms with E-state index in [0.29, 0.717) is 5.88 Å². The van der Waals surface area contributed by atoms with Crippen LogP contribution in [0.5, 0.6) is 0 Å². The molecule has 0 aliphatic rings. The van der Waals surface area contributed by atoms with Gasteiger partial charge in [0.05, 0.1) is 23.5 Å². The van der Waals surface area contributed by atoms with Crippen molar-refractivity contribution < 1.29 is 0 Å². The third-order valence-corrected chi connectivity index (χ3v) is 1.91. The average Bonchev–Trinajstić information content (AvgIpc) is 2.43. The third-order valence-electron chi connectivity index (χ3n) is 1.63. The lowest BCUT2D eigenvalue weighted by atomic mass is 10.4. The summed E-state index contributed by atoms with van der Waals surface area (Å²) in [6.45, 7) is 1.94. The summed E-state index contributed by atoms with van der Waals surface area (Å²) in [5, 5.41) is 4.24. The van der Waals surface area contributed by atoms with Gasteiger partial charge in [0.1, 0.15) is 0 Å². The third kappa shape index (κ3) is 1.16. The van der Waals surface area contributed by atoms with Crippen LogP contribution in [-0.4, -0.2) is 14.6 Å². The van der Waals surface area contributed by atoms with Gasteiger partial charge in [-0.15, -0.1) is 11.6 Å². The molecule has 0 saturated heterocycles. The molecule has 0 amide bonds. The van der Waals surface area contributed by atoms with Gasteiger partial charge in [0.25, 0.3) is 0 Å². The maximum Gasteiger partial charge on any atom is 0.153 e. The molecule has 2 rings (SSSR count). The molecule has 2 heterocycles. The highest BCUT2D eigenvalue weighted by Crippen LogP contribution is 2.05. The van der Waals surface area contributed by atoms with Gasteiger partial charge >= 0.3 is 0 Å². The average molecular weight is 182 g/mol. The van der Waals surface area contributed by atoms with E-state index < -0.39 is 0 Å². The Morgan fingerprint density at radius 2 is 2.33 bits per heavy atom. The van der Waals surface area contributed by atoms with E-state index in [-0.39, 0.29) is 0 Å². The number of nitrogens with zero attached hydrogens (tertiary/aromatic N) is 3. The molecule has 2 aromatic rings. The number of hydrogen-bond acceptors (Lipinski definition) is 2. The first-order valence-electron chi connectivity index (χ1n) is 3.67. The van der Waals surface area contributed by atoms with E-state index in [1.807, 2.05) is 25.3 Å². The second-order valence-electron chi connectivity index (χ2n) is 2.64. The minimum atomic E-state index is 0.438. The molecular weight excluding hydrogens is 174 g/mol. The molecule has 0 aliphatic carbocycles. The molecule has 2 aromatic heterocycles. The molecule has 0 N–H and O–H groups in total. The number of imidazole rings is 1. The number of rotatable bonds is 1. The highest BCUT2D eigenvalue weighted by molar-refractivity contribution is 6.16. The second kappa shape index (κ2) is 2.75. The first kappa shape index (κ1) is 7.55. The smallest absolute Gasteiger partial charge is 0.153 e. The zero-order valence-electron chi connectivity index (χ0n) is 6.66. The summed E-state index contributed by atoms with van der Waals surface area (Å²) in [7, 11) is 0. The van der Waals surface area contributed by atoms with E-state index in [0.717, 1.165) is 17.0 Å². The van der Waals surface area contributed by atoms with Crippen molar-refractivity contribution in [3.05, 3.63) is 29.7 Å². The fraction of sp³-hybridized carbons (Fsp3) is 0.250. The minimum absolute atomic E-state index is 0.438. The molecule has 3 nitrogen and oxygen atoms in total. The quantitative estimate of drug-likeness (QED) is 0.628. The van der Waals surface area contributed by atoms with E-state index in [4.69, 9.17) is 11.6 Å². The van der Waals surface area contributed by atoms with E-state index in [1.54, 1.807) is 4.52 Å². The molecule has 4 heteroatoms. The van der Waals surface area contributed by atoms with Crippen molar-refractivity contribution in [1.82, 2.24) is 14.6 Å². The predicted octanol–water partition coefficient (Wildman–Crippen LogP) is 1.78. The maximum absolute atomic E-state index is 5.64. The van der Waals surface area contributed by atoms with Crippen LogP contribution in [0.15, 0.2) is 18.3 Å². The van der Waals surface area contributed by atoms with Gasteiger partial charge in [0, 0.05) is 0 Å². The molecule has 12 heavy (non-hydrogen) atoms. The molecule has 0 bridgehead atoms. The fourth-order valence-electron chi connectivity index (χ4n) is 1.11. The summed E-state index contributed by atoms with van der Waals surface area (Å²) in [6, 6.07) is 3.80. The lowest BCUT2D eigenvalue weighted by molar-refractivity contribution is 0.892. The molecule has 0 spiro atoms. The molecule has 0 unspecified atom stereocenters. The van der Waals surface area contributed by atoms with E-state index >= 15 is 0 Å². The Morgan fingerprint density at radius 1 is 1.50 bits per heavy atom. The zero-order chi connectivity index (χ0) is 8.55. The summed E-state index contributed by atoms with van der Waals surface area (Å²) in [6.07, 6.45) is 1.88. The molecular formula is C8H8ClN3. The number of aryl methyl sites for hydroxylation is 1. The molecule has 0 atom stereocenters. The van der Waals surface area contributed by atoms with Crippen LogP contribution >= 0.6 is 11.6 Å². The number of hydrogen-bond donors (Lipinski definition) is 0. The molecule has 0 aliphatic heterocycles. The number of aromatic nitrogens is 3. The van der Waals surface area contributed by atoms with Crippen molar-refractivity contribution in [3.8, 4) is 0 Å². The Bertz CT molecular complexity index is 408.